The van der Waals surface area contributed by atoms with E-state index >= 15 is 0 Å². The first-order valence-electron chi connectivity index (χ1n) is 9.34. The lowest BCUT2D eigenvalue weighted by atomic mass is 9.95. The van der Waals surface area contributed by atoms with Gasteiger partial charge in [0.25, 0.3) is 0 Å². The Hall–Kier alpha value is -1.68. The van der Waals surface area contributed by atoms with Crippen LogP contribution in [0.5, 0.6) is 0 Å². The van der Waals surface area contributed by atoms with Crippen LogP contribution in [0.25, 0.3) is 0 Å². The first kappa shape index (κ1) is 16.8. The first-order chi connectivity index (χ1) is 12.2. The molecule has 0 amide bonds. The number of hydrogen-bond donors (Lipinski definition) is 1. The quantitative estimate of drug-likeness (QED) is 0.810. The van der Waals surface area contributed by atoms with E-state index in [-0.39, 0.29) is 11.6 Å². The summed E-state index contributed by atoms with van der Waals surface area (Å²) in [6.45, 7) is 3.50. The molecule has 2 aromatic rings. The van der Waals surface area contributed by atoms with Crippen LogP contribution in [0.2, 0.25) is 0 Å². The lowest BCUT2D eigenvalue weighted by molar-refractivity contribution is -0.148. The summed E-state index contributed by atoms with van der Waals surface area (Å²) in [5, 5.41) is 3.97. The van der Waals surface area contributed by atoms with Crippen LogP contribution in [0, 0.1) is 0 Å². The lowest BCUT2D eigenvalue weighted by Crippen LogP contribution is -2.38. The van der Waals surface area contributed by atoms with Crippen molar-refractivity contribution in [2.24, 2.45) is 0 Å². The van der Waals surface area contributed by atoms with E-state index in [9.17, 15) is 0 Å². The Kier molecular flexibility index (Phi) is 4.63. The fraction of sp³-hybridized carbons (Fsp3) is 0.455. The minimum Gasteiger partial charge on any atom is -0.348 e. The SMILES string of the molecule is CC1(CCC2(NC(c3ccccc3)c3ccccc3)CC2)OCCO1. The van der Waals surface area contributed by atoms with E-state index in [0.717, 1.165) is 12.8 Å². The van der Waals surface area contributed by atoms with Gasteiger partial charge in [-0.2, -0.15) is 0 Å². The topological polar surface area (TPSA) is 30.5 Å². The van der Waals surface area contributed by atoms with Crippen LogP contribution >= 0.6 is 0 Å². The number of rotatable bonds is 7. The van der Waals surface area contributed by atoms with Crippen LogP contribution in [0.4, 0.5) is 0 Å². The molecule has 4 rings (SSSR count). The molecule has 1 heterocycles. The van der Waals surface area contributed by atoms with E-state index in [1.54, 1.807) is 0 Å². The lowest BCUT2D eigenvalue weighted by Gasteiger charge is -2.30. The van der Waals surface area contributed by atoms with E-state index in [4.69, 9.17) is 9.47 Å². The molecule has 0 radical (unpaired) electrons. The smallest absolute Gasteiger partial charge is 0.165 e. The van der Waals surface area contributed by atoms with Crippen molar-refractivity contribution in [3.63, 3.8) is 0 Å². The highest BCUT2D eigenvalue weighted by Crippen LogP contribution is 2.44. The Morgan fingerprint density at radius 1 is 0.840 bits per heavy atom. The molecule has 25 heavy (non-hydrogen) atoms. The summed E-state index contributed by atoms with van der Waals surface area (Å²) in [7, 11) is 0. The van der Waals surface area contributed by atoms with Crippen LogP contribution in [-0.2, 0) is 9.47 Å². The largest absolute Gasteiger partial charge is 0.348 e. The van der Waals surface area contributed by atoms with E-state index in [1.807, 2.05) is 0 Å². The maximum atomic E-state index is 5.79. The van der Waals surface area contributed by atoms with Gasteiger partial charge in [-0.25, -0.2) is 0 Å². The molecule has 1 saturated heterocycles. The third-order valence-corrected chi connectivity index (χ3v) is 5.53. The standard InChI is InChI=1S/C22H27NO2/c1-21(24-16-17-25-21)12-13-22(14-15-22)23-20(18-8-4-2-5-9-18)19-10-6-3-7-11-19/h2-11,20,23H,12-17H2,1H3. The van der Waals surface area contributed by atoms with Gasteiger partial charge in [0.15, 0.2) is 5.79 Å². The minimum absolute atomic E-state index is 0.203. The second-order valence-corrected chi connectivity index (χ2v) is 7.51. The number of ether oxygens (including phenoxy) is 2. The summed E-state index contributed by atoms with van der Waals surface area (Å²) in [5.74, 6) is -0.397. The summed E-state index contributed by atoms with van der Waals surface area (Å²) < 4.78 is 11.6. The van der Waals surface area contributed by atoms with Gasteiger partial charge in [-0.3, -0.25) is 0 Å². The molecule has 132 valence electrons. The fourth-order valence-corrected chi connectivity index (χ4v) is 3.74. The number of benzene rings is 2. The molecule has 1 aliphatic heterocycles. The van der Waals surface area contributed by atoms with Crippen molar-refractivity contribution in [2.75, 3.05) is 13.2 Å². The Bertz CT molecular complexity index is 636. The van der Waals surface area contributed by atoms with E-state index in [1.165, 1.54) is 24.0 Å². The number of nitrogens with one attached hydrogen (secondary N) is 1. The van der Waals surface area contributed by atoms with Gasteiger partial charge >= 0.3 is 0 Å². The Morgan fingerprint density at radius 3 is 1.84 bits per heavy atom. The molecule has 0 atom stereocenters. The average molecular weight is 337 g/mol. The molecule has 3 nitrogen and oxygen atoms in total. The van der Waals surface area contributed by atoms with Crippen molar-refractivity contribution in [2.45, 2.75) is 50.0 Å². The zero-order valence-electron chi connectivity index (χ0n) is 14.9. The molecule has 0 unspecified atom stereocenters. The van der Waals surface area contributed by atoms with Crippen LogP contribution in [0.15, 0.2) is 60.7 Å². The highest BCUT2D eigenvalue weighted by molar-refractivity contribution is 5.32. The van der Waals surface area contributed by atoms with Crippen molar-refractivity contribution in [1.29, 1.82) is 0 Å². The van der Waals surface area contributed by atoms with E-state index in [0.29, 0.717) is 13.2 Å². The van der Waals surface area contributed by atoms with Gasteiger partial charge in [0.2, 0.25) is 0 Å². The van der Waals surface area contributed by atoms with Gasteiger partial charge in [-0.1, -0.05) is 60.7 Å². The summed E-state index contributed by atoms with van der Waals surface area (Å²) in [6, 6.07) is 21.7. The van der Waals surface area contributed by atoms with Crippen molar-refractivity contribution in [3.8, 4) is 0 Å². The highest BCUT2D eigenvalue weighted by Gasteiger charge is 2.46. The van der Waals surface area contributed by atoms with Crippen LogP contribution in [0.3, 0.4) is 0 Å². The zero-order valence-corrected chi connectivity index (χ0v) is 14.9. The van der Waals surface area contributed by atoms with Crippen molar-refractivity contribution >= 4 is 0 Å². The van der Waals surface area contributed by atoms with Crippen molar-refractivity contribution < 1.29 is 9.47 Å². The normalized spacial score (nSPS) is 20.7. The second-order valence-electron chi connectivity index (χ2n) is 7.51. The summed E-state index contributed by atoms with van der Waals surface area (Å²) in [5.41, 5.74) is 2.84. The molecule has 0 aromatic heterocycles. The zero-order chi connectivity index (χ0) is 17.2. The molecule has 3 heteroatoms. The third kappa shape index (κ3) is 3.95. The number of hydrogen-bond acceptors (Lipinski definition) is 3. The van der Waals surface area contributed by atoms with E-state index in [2.05, 4.69) is 72.9 Å². The van der Waals surface area contributed by atoms with Gasteiger partial charge in [-0.15, -0.1) is 0 Å². The third-order valence-electron chi connectivity index (χ3n) is 5.53. The van der Waals surface area contributed by atoms with Gasteiger partial charge < -0.3 is 14.8 Å². The minimum atomic E-state index is -0.397. The van der Waals surface area contributed by atoms with Crippen molar-refractivity contribution in [3.05, 3.63) is 71.8 Å². The Balaban J connectivity index is 1.50. The molecule has 0 spiro atoms. The molecule has 1 aliphatic carbocycles. The fourth-order valence-electron chi connectivity index (χ4n) is 3.74. The van der Waals surface area contributed by atoms with E-state index < -0.39 is 5.79 Å². The first-order valence-corrected chi connectivity index (χ1v) is 9.34. The average Bonchev–Trinajstić information content (AvgIpc) is 3.31. The molecule has 2 aliphatic rings. The summed E-state index contributed by atoms with van der Waals surface area (Å²) in [4.78, 5) is 0. The van der Waals surface area contributed by atoms with Gasteiger partial charge in [0, 0.05) is 12.0 Å². The molecule has 2 aromatic carbocycles. The predicted molar refractivity (Wildman–Crippen MR) is 99.4 cm³/mol. The molecular weight excluding hydrogens is 310 g/mol. The van der Waals surface area contributed by atoms with Crippen molar-refractivity contribution in [1.82, 2.24) is 5.32 Å². The molecule has 1 N–H and O–H groups in total. The summed E-state index contributed by atoms with van der Waals surface area (Å²) in [6.07, 6.45) is 4.47. The molecule has 0 bridgehead atoms. The highest BCUT2D eigenvalue weighted by atomic mass is 16.7. The van der Waals surface area contributed by atoms with Crippen LogP contribution in [0.1, 0.15) is 49.8 Å². The second kappa shape index (κ2) is 6.91. The molecule has 2 fully saturated rings. The van der Waals surface area contributed by atoms with Crippen LogP contribution < -0.4 is 5.32 Å². The Labute approximate surface area is 150 Å². The van der Waals surface area contributed by atoms with Crippen LogP contribution in [-0.4, -0.2) is 24.5 Å². The Morgan fingerprint density at radius 2 is 1.36 bits per heavy atom. The molecular formula is C22H27NO2. The maximum absolute atomic E-state index is 5.79. The molecule has 1 saturated carbocycles. The predicted octanol–water partition coefficient (Wildman–Crippen LogP) is 4.44. The van der Waals surface area contributed by atoms with Gasteiger partial charge in [-0.05, 0) is 37.3 Å². The monoisotopic (exact) mass is 337 g/mol. The maximum Gasteiger partial charge on any atom is 0.165 e. The van der Waals surface area contributed by atoms with Gasteiger partial charge in [0.05, 0.1) is 19.3 Å². The summed E-state index contributed by atoms with van der Waals surface area (Å²) >= 11 is 0. The van der Waals surface area contributed by atoms with Gasteiger partial charge in [0.1, 0.15) is 0 Å².